The molecular weight excluding hydrogens is 300 g/mol. The molecule has 1 aromatic heterocycles. The van der Waals surface area contributed by atoms with Crippen LogP contribution in [0, 0.1) is 10.1 Å². The van der Waals surface area contributed by atoms with Crippen molar-refractivity contribution in [3.05, 3.63) is 46.3 Å². The first-order valence-electron chi connectivity index (χ1n) is 7.24. The molecule has 9 heteroatoms. The molecule has 1 atom stereocenters. The van der Waals surface area contributed by atoms with Crippen LogP contribution in [0.25, 0.3) is 5.69 Å². The van der Waals surface area contributed by atoms with E-state index in [1.807, 2.05) is 6.92 Å². The molecule has 1 aliphatic rings. The van der Waals surface area contributed by atoms with Gasteiger partial charge in [0.05, 0.1) is 16.8 Å². The summed E-state index contributed by atoms with van der Waals surface area (Å²) < 4.78 is 1.37. The molecule has 0 aliphatic carbocycles. The van der Waals surface area contributed by atoms with E-state index in [4.69, 9.17) is 0 Å². The van der Waals surface area contributed by atoms with Gasteiger partial charge in [0.1, 0.15) is 0 Å². The molecule has 0 bridgehead atoms. The zero-order chi connectivity index (χ0) is 16.4. The minimum Gasteiger partial charge on any atom is -0.334 e. The SMILES string of the molecule is CC1CN(C(=O)c2cn(-c3cccc([N+](=O)[O-])c3)nn2)CCN1. The van der Waals surface area contributed by atoms with Crippen LogP contribution in [0.4, 0.5) is 5.69 Å². The van der Waals surface area contributed by atoms with Crippen LogP contribution < -0.4 is 5.32 Å². The second-order valence-corrected chi connectivity index (χ2v) is 5.43. The van der Waals surface area contributed by atoms with E-state index in [1.165, 1.54) is 23.0 Å². The summed E-state index contributed by atoms with van der Waals surface area (Å²) in [7, 11) is 0. The summed E-state index contributed by atoms with van der Waals surface area (Å²) in [6.45, 7) is 3.99. The van der Waals surface area contributed by atoms with Crippen molar-refractivity contribution in [1.82, 2.24) is 25.2 Å². The molecule has 1 unspecified atom stereocenters. The van der Waals surface area contributed by atoms with Gasteiger partial charge in [0, 0.05) is 37.8 Å². The number of amides is 1. The fourth-order valence-electron chi connectivity index (χ4n) is 2.52. The Labute approximate surface area is 132 Å². The molecule has 1 fully saturated rings. The fourth-order valence-corrected chi connectivity index (χ4v) is 2.52. The molecule has 1 amide bonds. The largest absolute Gasteiger partial charge is 0.334 e. The molecule has 3 rings (SSSR count). The molecule has 0 radical (unpaired) electrons. The van der Waals surface area contributed by atoms with E-state index in [-0.39, 0.29) is 23.3 Å². The van der Waals surface area contributed by atoms with Gasteiger partial charge in [0.25, 0.3) is 11.6 Å². The van der Waals surface area contributed by atoms with E-state index < -0.39 is 4.92 Å². The average molecular weight is 316 g/mol. The van der Waals surface area contributed by atoms with Crippen molar-refractivity contribution < 1.29 is 9.72 Å². The number of hydrogen-bond acceptors (Lipinski definition) is 6. The highest BCUT2D eigenvalue weighted by Crippen LogP contribution is 2.16. The molecule has 1 aromatic carbocycles. The maximum absolute atomic E-state index is 12.4. The van der Waals surface area contributed by atoms with Crippen molar-refractivity contribution in [3.63, 3.8) is 0 Å². The van der Waals surface area contributed by atoms with Crippen molar-refractivity contribution in [3.8, 4) is 5.69 Å². The lowest BCUT2D eigenvalue weighted by Gasteiger charge is -2.31. The van der Waals surface area contributed by atoms with Gasteiger partial charge in [-0.2, -0.15) is 0 Å². The first-order chi connectivity index (χ1) is 11.0. The quantitative estimate of drug-likeness (QED) is 0.657. The molecule has 0 saturated carbocycles. The summed E-state index contributed by atoms with van der Waals surface area (Å²) in [6.07, 6.45) is 1.49. The van der Waals surface area contributed by atoms with Crippen LogP contribution in [0.1, 0.15) is 17.4 Å². The topological polar surface area (TPSA) is 106 Å². The molecule has 1 aliphatic heterocycles. The number of nitrogens with one attached hydrogen (secondary N) is 1. The average Bonchev–Trinajstić information content (AvgIpc) is 3.04. The van der Waals surface area contributed by atoms with Crippen molar-refractivity contribution in [2.45, 2.75) is 13.0 Å². The number of non-ortho nitro benzene ring substituents is 1. The van der Waals surface area contributed by atoms with Gasteiger partial charge < -0.3 is 10.2 Å². The van der Waals surface area contributed by atoms with Gasteiger partial charge in [-0.3, -0.25) is 14.9 Å². The standard InChI is InChI=1S/C14H16N6O3/c1-10-8-18(6-5-15-10)14(21)13-9-19(17-16-13)11-3-2-4-12(7-11)20(22)23/h2-4,7,9-10,15H,5-6,8H2,1H3. The molecule has 0 spiro atoms. The van der Waals surface area contributed by atoms with Crippen LogP contribution >= 0.6 is 0 Å². The van der Waals surface area contributed by atoms with Gasteiger partial charge in [0.2, 0.25) is 0 Å². The third kappa shape index (κ3) is 3.19. The zero-order valence-corrected chi connectivity index (χ0v) is 12.5. The Balaban J connectivity index is 1.81. The normalized spacial score (nSPS) is 18.0. The molecule has 1 N–H and O–H groups in total. The summed E-state index contributed by atoms with van der Waals surface area (Å²) in [5, 5.41) is 21.9. The van der Waals surface area contributed by atoms with Gasteiger partial charge in [0.15, 0.2) is 5.69 Å². The van der Waals surface area contributed by atoms with Crippen molar-refractivity contribution in [2.75, 3.05) is 19.6 Å². The second-order valence-electron chi connectivity index (χ2n) is 5.43. The second kappa shape index (κ2) is 6.13. The van der Waals surface area contributed by atoms with E-state index >= 15 is 0 Å². The van der Waals surface area contributed by atoms with E-state index in [0.29, 0.717) is 18.8 Å². The summed E-state index contributed by atoms with van der Waals surface area (Å²) in [6, 6.07) is 6.25. The number of rotatable bonds is 3. The summed E-state index contributed by atoms with van der Waals surface area (Å²) in [5.74, 6) is -0.185. The number of hydrogen-bond donors (Lipinski definition) is 1. The Morgan fingerprint density at radius 2 is 2.30 bits per heavy atom. The van der Waals surface area contributed by atoms with Gasteiger partial charge in [-0.05, 0) is 13.0 Å². The third-order valence-corrected chi connectivity index (χ3v) is 3.67. The summed E-state index contributed by atoms with van der Waals surface area (Å²) in [5.41, 5.74) is 0.673. The molecule has 23 heavy (non-hydrogen) atoms. The maximum Gasteiger partial charge on any atom is 0.276 e. The molecular formula is C14H16N6O3. The van der Waals surface area contributed by atoms with E-state index in [1.54, 1.807) is 17.0 Å². The predicted molar refractivity (Wildman–Crippen MR) is 81.4 cm³/mol. The molecule has 2 heterocycles. The minimum atomic E-state index is -0.478. The van der Waals surface area contributed by atoms with Crippen LogP contribution in [-0.2, 0) is 0 Å². The fraction of sp³-hybridized carbons (Fsp3) is 0.357. The number of nitrogens with zero attached hydrogens (tertiary/aromatic N) is 5. The Kier molecular flexibility index (Phi) is 4.02. The minimum absolute atomic E-state index is 0.0400. The highest BCUT2D eigenvalue weighted by molar-refractivity contribution is 5.92. The van der Waals surface area contributed by atoms with Gasteiger partial charge in [-0.1, -0.05) is 11.3 Å². The lowest BCUT2D eigenvalue weighted by molar-refractivity contribution is -0.384. The molecule has 120 valence electrons. The first kappa shape index (κ1) is 15.1. The molecule has 1 saturated heterocycles. The number of aromatic nitrogens is 3. The lowest BCUT2D eigenvalue weighted by Crippen LogP contribution is -2.51. The highest BCUT2D eigenvalue weighted by atomic mass is 16.6. The maximum atomic E-state index is 12.4. The Morgan fingerprint density at radius 3 is 3.04 bits per heavy atom. The summed E-state index contributed by atoms with van der Waals surface area (Å²) in [4.78, 5) is 24.5. The number of carbonyl (C=O) groups excluding carboxylic acids is 1. The molecule has 9 nitrogen and oxygen atoms in total. The van der Waals surface area contributed by atoms with Crippen LogP contribution in [0.3, 0.4) is 0 Å². The van der Waals surface area contributed by atoms with E-state index in [0.717, 1.165) is 6.54 Å². The predicted octanol–water partition coefficient (Wildman–Crippen LogP) is 0.609. The van der Waals surface area contributed by atoms with Crippen LogP contribution in [-0.4, -0.2) is 56.4 Å². The zero-order valence-electron chi connectivity index (χ0n) is 12.5. The number of piperazine rings is 1. The number of carbonyl (C=O) groups is 1. The number of benzene rings is 1. The van der Waals surface area contributed by atoms with Crippen LogP contribution in [0.2, 0.25) is 0 Å². The first-order valence-corrected chi connectivity index (χ1v) is 7.24. The molecule has 2 aromatic rings. The Bertz CT molecular complexity index is 744. The van der Waals surface area contributed by atoms with Gasteiger partial charge >= 0.3 is 0 Å². The van der Waals surface area contributed by atoms with Gasteiger partial charge in [-0.15, -0.1) is 5.10 Å². The smallest absolute Gasteiger partial charge is 0.276 e. The van der Waals surface area contributed by atoms with Gasteiger partial charge in [-0.25, -0.2) is 4.68 Å². The van der Waals surface area contributed by atoms with Crippen molar-refractivity contribution >= 4 is 11.6 Å². The monoisotopic (exact) mass is 316 g/mol. The Morgan fingerprint density at radius 1 is 1.48 bits per heavy atom. The van der Waals surface area contributed by atoms with Crippen LogP contribution in [0.5, 0.6) is 0 Å². The lowest BCUT2D eigenvalue weighted by atomic mass is 10.2. The van der Waals surface area contributed by atoms with Crippen molar-refractivity contribution in [2.24, 2.45) is 0 Å². The summed E-state index contributed by atoms with van der Waals surface area (Å²) >= 11 is 0. The van der Waals surface area contributed by atoms with E-state index in [9.17, 15) is 14.9 Å². The Hall–Kier alpha value is -2.81. The highest BCUT2D eigenvalue weighted by Gasteiger charge is 2.24. The third-order valence-electron chi connectivity index (χ3n) is 3.67. The van der Waals surface area contributed by atoms with Crippen LogP contribution in [0.15, 0.2) is 30.5 Å². The van der Waals surface area contributed by atoms with E-state index in [2.05, 4.69) is 15.6 Å². The number of nitro groups is 1. The number of nitro benzene ring substituents is 1. The van der Waals surface area contributed by atoms with Crippen molar-refractivity contribution in [1.29, 1.82) is 0 Å².